The summed E-state index contributed by atoms with van der Waals surface area (Å²) in [5.74, 6) is 1.91. The predicted molar refractivity (Wildman–Crippen MR) is 62.3 cm³/mol. The van der Waals surface area contributed by atoms with E-state index in [0.717, 1.165) is 35.4 Å². The Morgan fingerprint density at radius 3 is 3.12 bits per heavy atom. The first-order valence-corrected chi connectivity index (χ1v) is 6.22. The fourth-order valence-corrected chi connectivity index (χ4v) is 2.74. The first-order chi connectivity index (χ1) is 7.75. The van der Waals surface area contributed by atoms with E-state index in [2.05, 4.69) is 32.0 Å². The summed E-state index contributed by atoms with van der Waals surface area (Å²) in [5.41, 5.74) is 1.04. The third-order valence-electron chi connectivity index (χ3n) is 2.76. The Morgan fingerprint density at radius 2 is 2.38 bits per heavy atom. The summed E-state index contributed by atoms with van der Waals surface area (Å²) in [6.45, 7) is 5.98. The highest BCUT2D eigenvalue weighted by molar-refractivity contribution is 7.13. The summed E-state index contributed by atoms with van der Waals surface area (Å²) >= 11 is 1.63. The van der Waals surface area contributed by atoms with Gasteiger partial charge in [-0.25, -0.2) is 4.98 Å². The van der Waals surface area contributed by atoms with Crippen LogP contribution in [0.1, 0.15) is 24.5 Å². The van der Waals surface area contributed by atoms with Gasteiger partial charge in [0.2, 0.25) is 0 Å². The van der Waals surface area contributed by atoms with Gasteiger partial charge in [-0.2, -0.15) is 0 Å². The monoisotopic (exact) mass is 235 g/mol. The second kappa shape index (κ2) is 3.64. The smallest absolute Gasteiger partial charge is 0.193 e. The Labute approximate surface area is 97.5 Å². The lowest BCUT2D eigenvalue weighted by Gasteiger charge is -2.21. The van der Waals surface area contributed by atoms with Gasteiger partial charge in [0.1, 0.15) is 5.82 Å². The van der Waals surface area contributed by atoms with Crippen LogP contribution in [-0.2, 0) is 6.54 Å². The molecule has 6 heteroatoms. The third kappa shape index (κ3) is 1.45. The van der Waals surface area contributed by atoms with E-state index >= 15 is 0 Å². The average Bonchev–Trinajstić information content (AvgIpc) is 2.84. The van der Waals surface area contributed by atoms with Crippen molar-refractivity contribution in [2.75, 3.05) is 6.54 Å². The molecular weight excluding hydrogens is 222 g/mol. The van der Waals surface area contributed by atoms with Crippen LogP contribution in [0.5, 0.6) is 0 Å². The number of thiazole rings is 1. The normalized spacial score (nSPS) is 19.8. The molecule has 84 valence electrons. The van der Waals surface area contributed by atoms with Crippen molar-refractivity contribution in [2.24, 2.45) is 0 Å². The standard InChI is InChI=1S/C10H13N5S/c1-6-5-16-10(12-6)9-14-13-8-7(2)11-3-4-15(8)9/h5,7,11H,3-4H2,1-2H3. The highest BCUT2D eigenvalue weighted by Gasteiger charge is 2.23. The van der Waals surface area contributed by atoms with Gasteiger partial charge in [-0.05, 0) is 13.8 Å². The van der Waals surface area contributed by atoms with Crippen LogP contribution >= 0.6 is 11.3 Å². The minimum atomic E-state index is 0.274. The first kappa shape index (κ1) is 9.92. The molecule has 16 heavy (non-hydrogen) atoms. The highest BCUT2D eigenvalue weighted by atomic mass is 32.1. The summed E-state index contributed by atoms with van der Waals surface area (Å²) in [7, 11) is 0. The van der Waals surface area contributed by atoms with Crippen LogP contribution < -0.4 is 5.32 Å². The average molecular weight is 235 g/mol. The van der Waals surface area contributed by atoms with Crippen LogP contribution in [0.25, 0.3) is 10.8 Å². The predicted octanol–water partition coefficient (Wildman–Crippen LogP) is 1.37. The van der Waals surface area contributed by atoms with Crippen molar-refractivity contribution in [1.29, 1.82) is 0 Å². The number of hydrogen-bond donors (Lipinski definition) is 1. The molecule has 1 aliphatic rings. The maximum atomic E-state index is 4.46. The molecule has 1 atom stereocenters. The van der Waals surface area contributed by atoms with Crippen LogP contribution in [-0.4, -0.2) is 26.3 Å². The molecule has 0 aromatic carbocycles. The molecule has 3 rings (SSSR count). The zero-order valence-electron chi connectivity index (χ0n) is 9.27. The van der Waals surface area contributed by atoms with Crippen molar-refractivity contribution in [3.8, 4) is 10.8 Å². The van der Waals surface area contributed by atoms with Crippen LogP contribution in [0.2, 0.25) is 0 Å². The van der Waals surface area contributed by atoms with E-state index in [0.29, 0.717) is 0 Å². The number of nitrogens with zero attached hydrogens (tertiary/aromatic N) is 4. The maximum Gasteiger partial charge on any atom is 0.193 e. The topological polar surface area (TPSA) is 55.6 Å². The molecule has 1 aliphatic heterocycles. The lowest BCUT2D eigenvalue weighted by atomic mass is 10.2. The van der Waals surface area contributed by atoms with Crippen molar-refractivity contribution in [3.63, 3.8) is 0 Å². The van der Waals surface area contributed by atoms with Gasteiger partial charge >= 0.3 is 0 Å². The number of nitrogens with one attached hydrogen (secondary N) is 1. The van der Waals surface area contributed by atoms with E-state index in [1.165, 1.54) is 0 Å². The van der Waals surface area contributed by atoms with Gasteiger partial charge in [-0.15, -0.1) is 21.5 Å². The zero-order chi connectivity index (χ0) is 11.1. The van der Waals surface area contributed by atoms with Gasteiger partial charge in [-0.3, -0.25) is 0 Å². The molecule has 3 heterocycles. The van der Waals surface area contributed by atoms with E-state index in [4.69, 9.17) is 0 Å². The Bertz CT molecular complexity index is 515. The minimum Gasteiger partial charge on any atom is -0.306 e. The molecule has 0 amide bonds. The summed E-state index contributed by atoms with van der Waals surface area (Å²) in [5, 5.41) is 14.9. The van der Waals surface area contributed by atoms with Crippen LogP contribution in [0.3, 0.4) is 0 Å². The van der Waals surface area contributed by atoms with E-state index in [-0.39, 0.29) is 6.04 Å². The number of aromatic nitrogens is 4. The van der Waals surface area contributed by atoms with E-state index in [1.807, 2.05) is 12.3 Å². The summed E-state index contributed by atoms with van der Waals surface area (Å²) in [6, 6.07) is 0.274. The molecule has 0 aliphatic carbocycles. The Kier molecular flexibility index (Phi) is 2.26. The van der Waals surface area contributed by atoms with Gasteiger partial charge in [0.05, 0.1) is 6.04 Å². The van der Waals surface area contributed by atoms with E-state index in [9.17, 15) is 0 Å². The Hall–Kier alpha value is -1.27. The minimum absolute atomic E-state index is 0.274. The number of aryl methyl sites for hydroxylation is 1. The van der Waals surface area contributed by atoms with Crippen LogP contribution in [0.4, 0.5) is 0 Å². The molecule has 5 nitrogen and oxygen atoms in total. The molecule has 1 N–H and O–H groups in total. The molecule has 1 unspecified atom stereocenters. The molecule has 0 fully saturated rings. The Morgan fingerprint density at radius 1 is 1.50 bits per heavy atom. The molecule has 2 aromatic heterocycles. The van der Waals surface area contributed by atoms with E-state index < -0.39 is 0 Å². The molecular formula is C10H13N5S. The van der Waals surface area contributed by atoms with E-state index in [1.54, 1.807) is 11.3 Å². The number of hydrogen-bond acceptors (Lipinski definition) is 5. The second-order valence-corrected chi connectivity index (χ2v) is 4.86. The number of fused-ring (bicyclic) bond motifs is 1. The molecule has 0 bridgehead atoms. The maximum absolute atomic E-state index is 4.46. The van der Waals surface area contributed by atoms with Crippen molar-refractivity contribution in [2.45, 2.75) is 26.4 Å². The van der Waals surface area contributed by atoms with Crippen molar-refractivity contribution >= 4 is 11.3 Å². The lowest BCUT2D eigenvalue weighted by Crippen LogP contribution is -2.32. The quantitative estimate of drug-likeness (QED) is 0.811. The van der Waals surface area contributed by atoms with Crippen molar-refractivity contribution < 1.29 is 0 Å². The lowest BCUT2D eigenvalue weighted by molar-refractivity contribution is 0.439. The SMILES string of the molecule is Cc1csc(-c2nnc3n2CCNC3C)n1. The van der Waals surface area contributed by atoms with Crippen molar-refractivity contribution in [3.05, 3.63) is 16.9 Å². The van der Waals surface area contributed by atoms with Crippen LogP contribution in [0.15, 0.2) is 5.38 Å². The first-order valence-electron chi connectivity index (χ1n) is 5.34. The molecule has 0 radical (unpaired) electrons. The van der Waals surface area contributed by atoms with Gasteiger partial charge in [0, 0.05) is 24.2 Å². The van der Waals surface area contributed by atoms with Gasteiger partial charge in [0.25, 0.3) is 0 Å². The van der Waals surface area contributed by atoms with Crippen LogP contribution in [0, 0.1) is 6.92 Å². The summed E-state index contributed by atoms with van der Waals surface area (Å²) in [6.07, 6.45) is 0. The molecule has 2 aromatic rings. The zero-order valence-corrected chi connectivity index (χ0v) is 10.1. The largest absolute Gasteiger partial charge is 0.306 e. The van der Waals surface area contributed by atoms with Gasteiger partial charge < -0.3 is 9.88 Å². The summed E-state index contributed by atoms with van der Waals surface area (Å²) in [4.78, 5) is 4.46. The highest BCUT2D eigenvalue weighted by Crippen LogP contribution is 2.25. The van der Waals surface area contributed by atoms with Gasteiger partial charge in [-0.1, -0.05) is 0 Å². The Balaban J connectivity index is 2.09. The van der Waals surface area contributed by atoms with Crippen molar-refractivity contribution in [1.82, 2.24) is 25.1 Å². The third-order valence-corrected chi connectivity index (χ3v) is 3.72. The summed E-state index contributed by atoms with van der Waals surface area (Å²) < 4.78 is 2.17. The fraction of sp³-hybridized carbons (Fsp3) is 0.500. The van der Waals surface area contributed by atoms with Gasteiger partial charge in [0.15, 0.2) is 10.8 Å². The fourth-order valence-electron chi connectivity index (χ4n) is 1.95. The molecule has 0 spiro atoms. The second-order valence-electron chi connectivity index (χ2n) is 4.00. The number of rotatable bonds is 1. The molecule has 0 saturated heterocycles. The molecule has 0 saturated carbocycles.